The molecule has 1 nitrogen and oxygen atoms in total. The second-order valence-electron chi connectivity index (χ2n) is 6.86. The molecule has 1 aromatic carbocycles. The molecule has 0 aliphatic carbocycles. The largest absolute Gasteiger partial charge is 0.312 e. The van der Waals surface area contributed by atoms with Crippen molar-refractivity contribution < 1.29 is 0 Å². The summed E-state index contributed by atoms with van der Waals surface area (Å²) in [6.07, 6.45) is 2.65. The Morgan fingerprint density at radius 3 is 2.79 bits per heavy atom. The zero-order chi connectivity index (χ0) is 13.9. The molecule has 2 rings (SSSR count). The average molecular weight is 277 g/mol. The molecule has 2 heteroatoms. The van der Waals surface area contributed by atoms with Crippen LogP contribution in [0.4, 0.5) is 0 Å². The van der Waals surface area contributed by atoms with Gasteiger partial charge in [0.15, 0.2) is 0 Å². The third-order valence-corrected chi connectivity index (χ3v) is 5.04. The van der Waals surface area contributed by atoms with Crippen LogP contribution in [0.15, 0.2) is 29.2 Å². The van der Waals surface area contributed by atoms with Crippen LogP contribution in [0.3, 0.4) is 0 Å². The highest BCUT2D eigenvalue weighted by Crippen LogP contribution is 2.41. The van der Waals surface area contributed by atoms with Gasteiger partial charge in [-0.05, 0) is 63.6 Å². The highest BCUT2D eigenvalue weighted by atomic mass is 32.2. The molecule has 0 bridgehead atoms. The number of thioether (sulfide) groups is 1. The highest BCUT2D eigenvalue weighted by molar-refractivity contribution is 7.99. The van der Waals surface area contributed by atoms with Gasteiger partial charge in [-0.3, -0.25) is 0 Å². The molecule has 0 saturated carbocycles. The van der Waals surface area contributed by atoms with Crippen molar-refractivity contribution in [2.24, 2.45) is 5.92 Å². The Morgan fingerprint density at radius 2 is 2.05 bits per heavy atom. The van der Waals surface area contributed by atoms with Gasteiger partial charge in [0.25, 0.3) is 0 Å². The first-order valence-electron chi connectivity index (χ1n) is 7.42. The van der Waals surface area contributed by atoms with Crippen molar-refractivity contribution in [3.05, 3.63) is 29.8 Å². The first kappa shape index (κ1) is 14.9. The van der Waals surface area contributed by atoms with E-state index in [9.17, 15) is 0 Å². The Balaban J connectivity index is 1.78. The summed E-state index contributed by atoms with van der Waals surface area (Å²) < 4.78 is 0. The minimum Gasteiger partial charge on any atom is -0.312 e. The molecular weight excluding hydrogens is 250 g/mol. The van der Waals surface area contributed by atoms with Crippen molar-refractivity contribution >= 4 is 11.8 Å². The quantitative estimate of drug-likeness (QED) is 0.838. The van der Waals surface area contributed by atoms with E-state index < -0.39 is 0 Å². The minimum absolute atomic E-state index is 0.240. The van der Waals surface area contributed by atoms with Crippen LogP contribution in [0.25, 0.3) is 0 Å². The van der Waals surface area contributed by atoms with E-state index >= 15 is 0 Å². The van der Waals surface area contributed by atoms with E-state index in [1.165, 1.54) is 23.5 Å². The van der Waals surface area contributed by atoms with Gasteiger partial charge >= 0.3 is 0 Å². The number of benzene rings is 1. The summed E-state index contributed by atoms with van der Waals surface area (Å²) in [7, 11) is 0. The number of hydrogen-bond donors (Lipinski definition) is 1. The highest BCUT2D eigenvalue weighted by Gasteiger charge is 2.23. The Bertz CT molecular complexity index is 408. The van der Waals surface area contributed by atoms with Gasteiger partial charge < -0.3 is 5.32 Å². The third-order valence-electron chi connectivity index (χ3n) is 3.79. The number of rotatable bonds is 5. The van der Waals surface area contributed by atoms with Crippen molar-refractivity contribution in [3.63, 3.8) is 0 Å². The fourth-order valence-corrected chi connectivity index (χ4v) is 3.84. The van der Waals surface area contributed by atoms with Gasteiger partial charge in [0, 0.05) is 16.2 Å². The molecule has 2 unspecified atom stereocenters. The summed E-state index contributed by atoms with van der Waals surface area (Å²) in [5, 5.41) is 3.61. The Hall–Kier alpha value is -0.470. The predicted molar refractivity (Wildman–Crippen MR) is 86.1 cm³/mol. The van der Waals surface area contributed by atoms with Gasteiger partial charge in [0.1, 0.15) is 0 Å². The van der Waals surface area contributed by atoms with Gasteiger partial charge in [0.2, 0.25) is 0 Å². The van der Waals surface area contributed by atoms with Crippen molar-refractivity contribution in [2.75, 3.05) is 12.3 Å². The molecule has 106 valence electrons. The van der Waals surface area contributed by atoms with Crippen LogP contribution in [-0.2, 0) is 0 Å². The molecule has 1 aliphatic rings. The lowest BCUT2D eigenvalue weighted by atomic mass is 9.92. The Labute approximate surface area is 122 Å². The molecule has 1 aliphatic heterocycles. The lowest BCUT2D eigenvalue weighted by Crippen LogP contribution is -2.38. The van der Waals surface area contributed by atoms with Crippen LogP contribution in [-0.4, -0.2) is 17.8 Å². The molecule has 1 heterocycles. The summed E-state index contributed by atoms with van der Waals surface area (Å²) in [6, 6.07) is 8.93. The molecule has 0 fully saturated rings. The molecule has 0 aromatic heterocycles. The van der Waals surface area contributed by atoms with Gasteiger partial charge in [-0.25, -0.2) is 0 Å². The molecule has 0 spiro atoms. The zero-order valence-electron chi connectivity index (χ0n) is 12.7. The summed E-state index contributed by atoms with van der Waals surface area (Å²) in [5.74, 6) is 2.81. The van der Waals surface area contributed by atoms with E-state index in [0.29, 0.717) is 0 Å². The Morgan fingerprint density at radius 1 is 1.32 bits per heavy atom. The van der Waals surface area contributed by atoms with Gasteiger partial charge in [-0.1, -0.05) is 25.1 Å². The second-order valence-corrected chi connectivity index (χ2v) is 7.92. The van der Waals surface area contributed by atoms with Crippen LogP contribution in [0.1, 0.15) is 52.0 Å². The first-order chi connectivity index (χ1) is 8.96. The minimum atomic E-state index is 0.240. The normalized spacial score (nSPS) is 20.3. The average Bonchev–Trinajstić information content (AvgIpc) is 2.76. The maximum absolute atomic E-state index is 3.61. The maximum atomic E-state index is 3.61. The van der Waals surface area contributed by atoms with Crippen molar-refractivity contribution in [3.8, 4) is 0 Å². The smallest absolute Gasteiger partial charge is 0.0107 e. The number of fused-ring (bicyclic) bond motifs is 1. The lowest BCUT2D eigenvalue weighted by molar-refractivity contribution is 0.364. The predicted octanol–water partition coefficient (Wildman–Crippen LogP) is 4.68. The van der Waals surface area contributed by atoms with Crippen LogP contribution < -0.4 is 5.32 Å². The van der Waals surface area contributed by atoms with Gasteiger partial charge in [0.05, 0.1) is 0 Å². The molecule has 19 heavy (non-hydrogen) atoms. The Kier molecular flexibility index (Phi) is 4.97. The van der Waals surface area contributed by atoms with Gasteiger partial charge in [-0.15, -0.1) is 11.8 Å². The van der Waals surface area contributed by atoms with Crippen LogP contribution in [0.2, 0.25) is 0 Å². The molecule has 0 amide bonds. The van der Waals surface area contributed by atoms with Crippen LogP contribution >= 0.6 is 11.8 Å². The number of nitrogens with one attached hydrogen (secondary N) is 1. The summed E-state index contributed by atoms with van der Waals surface area (Å²) in [6.45, 7) is 10.2. The molecule has 1 aromatic rings. The van der Waals surface area contributed by atoms with E-state index in [4.69, 9.17) is 0 Å². The van der Waals surface area contributed by atoms with Crippen molar-refractivity contribution in [1.29, 1.82) is 0 Å². The fraction of sp³-hybridized carbons (Fsp3) is 0.647. The number of hydrogen-bond acceptors (Lipinski definition) is 2. The van der Waals surface area contributed by atoms with E-state index in [1.54, 1.807) is 5.56 Å². The maximum Gasteiger partial charge on any atom is 0.0107 e. The third kappa shape index (κ3) is 4.54. The summed E-state index contributed by atoms with van der Waals surface area (Å²) in [5.41, 5.74) is 1.83. The van der Waals surface area contributed by atoms with Crippen molar-refractivity contribution in [2.45, 2.75) is 56.9 Å². The lowest BCUT2D eigenvalue weighted by Gasteiger charge is -2.24. The molecule has 0 saturated heterocycles. The molecular formula is C17H27NS. The van der Waals surface area contributed by atoms with E-state index in [-0.39, 0.29) is 5.54 Å². The van der Waals surface area contributed by atoms with Crippen molar-refractivity contribution in [1.82, 2.24) is 5.32 Å². The van der Waals surface area contributed by atoms with E-state index in [2.05, 4.69) is 57.3 Å². The van der Waals surface area contributed by atoms with E-state index in [0.717, 1.165) is 18.4 Å². The summed E-state index contributed by atoms with van der Waals surface area (Å²) >= 11 is 2.03. The fourth-order valence-electron chi connectivity index (χ4n) is 2.54. The second kappa shape index (κ2) is 6.32. The topological polar surface area (TPSA) is 12.0 Å². The summed E-state index contributed by atoms with van der Waals surface area (Å²) in [4.78, 5) is 1.51. The van der Waals surface area contributed by atoms with E-state index in [1.807, 2.05) is 11.8 Å². The monoisotopic (exact) mass is 277 g/mol. The molecule has 2 atom stereocenters. The zero-order valence-corrected chi connectivity index (χ0v) is 13.5. The van der Waals surface area contributed by atoms with Crippen LogP contribution in [0.5, 0.6) is 0 Å². The first-order valence-corrected chi connectivity index (χ1v) is 8.41. The standard InChI is InChI=1S/C17H27NS/c1-13(11-18-17(2,3)4)9-10-14-12-19-16-8-6-5-7-15(14)16/h5-8,13-14,18H,9-12H2,1-4H3. The van der Waals surface area contributed by atoms with Crippen LogP contribution in [0, 0.1) is 5.92 Å². The van der Waals surface area contributed by atoms with Gasteiger partial charge in [-0.2, -0.15) is 0 Å². The SMILES string of the molecule is CC(CCC1CSc2ccccc21)CNC(C)(C)C. The molecule has 0 radical (unpaired) electrons. The molecule has 1 N–H and O–H groups in total.